The molecular formula is C23H27N5. The predicted molar refractivity (Wildman–Crippen MR) is 112 cm³/mol. The molecule has 1 fully saturated rings. The molecule has 0 radical (unpaired) electrons. The van der Waals surface area contributed by atoms with Gasteiger partial charge in [-0.3, -0.25) is 0 Å². The van der Waals surface area contributed by atoms with E-state index in [4.69, 9.17) is 9.97 Å². The number of allylic oxidation sites excluding steroid dienone is 1. The van der Waals surface area contributed by atoms with E-state index < -0.39 is 0 Å². The van der Waals surface area contributed by atoms with Gasteiger partial charge in [0.15, 0.2) is 0 Å². The number of anilines is 1. The van der Waals surface area contributed by atoms with Crippen LogP contribution in [0.1, 0.15) is 62.3 Å². The molecule has 3 aromatic heterocycles. The van der Waals surface area contributed by atoms with E-state index in [9.17, 15) is 0 Å². The van der Waals surface area contributed by atoms with Crippen LogP contribution in [0.4, 0.5) is 5.95 Å². The summed E-state index contributed by atoms with van der Waals surface area (Å²) in [5.74, 6) is 1.65. The van der Waals surface area contributed by atoms with Gasteiger partial charge in [0.1, 0.15) is 0 Å². The van der Waals surface area contributed by atoms with Crippen molar-refractivity contribution in [1.82, 2.24) is 19.6 Å². The summed E-state index contributed by atoms with van der Waals surface area (Å²) in [7, 11) is 0. The molecule has 144 valence electrons. The second kappa shape index (κ2) is 7.38. The Balaban J connectivity index is 1.44. The minimum absolute atomic E-state index is 0.513. The van der Waals surface area contributed by atoms with Crippen LogP contribution >= 0.6 is 0 Å². The van der Waals surface area contributed by atoms with E-state index in [0.29, 0.717) is 6.04 Å². The molecule has 0 amide bonds. The van der Waals surface area contributed by atoms with Gasteiger partial charge in [-0.05, 0) is 80.2 Å². The van der Waals surface area contributed by atoms with Crippen molar-refractivity contribution in [1.29, 1.82) is 0 Å². The van der Waals surface area contributed by atoms with Crippen molar-refractivity contribution in [2.24, 2.45) is 5.92 Å². The second-order valence-electron chi connectivity index (χ2n) is 8.28. The number of hydrogen-bond donors (Lipinski definition) is 1. The van der Waals surface area contributed by atoms with Crippen molar-refractivity contribution in [3.05, 3.63) is 59.7 Å². The summed E-state index contributed by atoms with van der Waals surface area (Å²) in [4.78, 5) is 9.63. The van der Waals surface area contributed by atoms with E-state index in [1.807, 2.05) is 29.2 Å². The lowest BCUT2D eigenvalue weighted by Crippen LogP contribution is -2.26. The maximum atomic E-state index is 4.93. The molecule has 0 bridgehead atoms. The average molecular weight is 374 g/mol. The van der Waals surface area contributed by atoms with Crippen molar-refractivity contribution in [3.8, 4) is 0 Å². The molecule has 5 nitrogen and oxygen atoms in total. The van der Waals surface area contributed by atoms with Crippen molar-refractivity contribution in [3.63, 3.8) is 0 Å². The lowest BCUT2D eigenvalue weighted by atomic mass is 9.87. The van der Waals surface area contributed by atoms with E-state index in [2.05, 4.69) is 35.5 Å². The van der Waals surface area contributed by atoms with Crippen LogP contribution in [0.15, 0.2) is 42.9 Å². The molecule has 2 aliphatic rings. The van der Waals surface area contributed by atoms with Crippen molar-refractivity contribution >= 4 is 17.0 Å². The molecule has 5 heteroatoms. The smallest absolute Gasteiger partial charge is 0.223 e. The van der Waals surface area contributed by atoms with Crippen LogP contribution in [0, 0.1) is 5.92 Å². The maximum Gasteiger partial charge on any atom is 0.223 e. The fourth-order valence-corrected chi connectivity index (χ4v) is 4.48. The average Bonchev–Trinajstić information content (AvgIpc) is 3.08. The summed E-state index contributed by atoms with van der Waals surface area (Å²) in [6.07, 6.45) is 16.5. The van der Waals surface area contributed by atoms with E-state index in [-0.39, 0.29) is 0 Å². The highest BCUT2D eigenvalue weighted by molar-refractivity contribution is 5.82. The Morgan fingerprint density at radius 3 is 2.93 bits per heavy atom. The molecule has 1 N–H and O–H groups in total. The predicted octanol–water partition coefficient (Wildman–Crippen LogP) is 4.88. The summed E-state index contributed by atoms with van der Waals surface area (Å²) < 4.78 is 1.90. The zero-order chi connectivity index (χ0) is 18.9. The summed E-state index contributed by atoms with van der Waals surface area (Å²) >= 11 is 0. The summed E-state index contributed by atoms with van der Waals surface area (Å²) in [5.41, 5.74) is 5.90. The fourth-order valence-electron chi connectivity index (χ4n) is 4.48. The van der Waals surface area contributed by atoms with E-state index in [0.717, 1.165) is 36.6 Å². The normalized spacial score (nSPS) is 22.4. The van der Waals surface area contributed by atoms with Gasteiger partial charge in [0, 0.05) is 30.2 Å². The molecule has 28 heavy (non-hydrogen) atoms. The van der Waals surface area contributed by atoms with Crippen LogP contribution in [0.3, 0.4) is 0 Å². The first-order valence-electron chi connectivity index (χ1n) is 10.5. The maximum absolute atomic E-state index is 4.93. The lowest BCUT2D eigenvalue weighted by molar-refractivity contribution is 0.360. The van der Waals surface area contributed by atoms with Gasteiger partial charge in [0.25, 0.3) is 0 Å². The van der Waals surface area contributed by atoms with Crippen molar-refractivity contribution in [2.45, 2.75) is 57.9 Å². The van der Waals surface area contributed by atoms with Gasteiger partial charge in [0.05, 0.1) is 11.2 Å². The number of hydrogen-bond acceptors (Lipinski definition) is 4. The van der Waals surface area contributed by atoms with Crippen LogP contribution in [-0.2, 0) is 6.42 Å². The lowest BCUT2D eigenvalue weighted by Gasteiger charge is -2.27. The second-order valence-corrected chi connectivity index (χ2v) is 8.28. The Kier molecular flexibility index (Phi) is 4.59. The summed E-state index contributed by atoms with van der Waals surface area (Å²) in [6.45, 7) is 2.35. The third kappa shape index (κ3) is 3.41. The van der Waals surface area contributed by atoms with Crippen LogP contribution in [-0.4, -0.2) is 25.6 Å². The highest BCUT2D eigenvalue weighted by atomic mass is 15.2. The van der Waals surface area contributed by atoms with Gasteiger partial charge in [-0.2, -0.15) is 5.10 Å². The molecule has 0 saturated heterocycles. The third-order valence-electron chi connectivity index (χ3n) is 6.18. The molecule has 5 rings (SSSR count). The SMILES string of the molecule is CC1CCC(Nc2ncc3c(n2)CCCC=C3c2ccn3nccc3c2)CC1. The first kappa shape index (κ1) is 17.4. The van der Waals surface area contributed by atoms with E-state index in [1.54, 1.807) is 0 Å². The summed E-state index contributed by atoms with van der Waals surface area (Å²) in [6, 6.07) is 6.88. The van der Waals surface area contributed by atoms with E-state index in [1.165, 1.54) is 48.1 Å². The minimum atomic E-state index is 0.513. The fraction of sp³-hybridized carbons (Fsp3) is 0.435. The van der Waals surface area contributed by atoms with Crippen molar-refractivity contribution < 1.29 is 0 Å². The van der Waals surface area contributed by atoms with Gasteiger partial charge >= 0.3 is 0 Å². The quantitative estimate of drug-likeness (QED) is 0.711. The van der Waals surface area contributed by atoms with Gasteiger partial charge in [0.2, 0.25) is 5.95 Å². The van der Waals surface area contributed by atoms with E-state index >= 15 is 0 Å². The molecule has 0 atom stereocenters. The Labute approximate surface area is 165 Å². The van der Waals surface area contributed by atoms with Crippen molar-refractivity contribution in [2.75, 3.05) is 5.32 Å². The number of fused-ring (bicyclic) bond motifs is 2. The Morgan fingerprint density at radius 2 is 2.04 bits per heavy atom. The van der Waals surface area contributed by atoms with Gasteiger partial charge in [-0.1, -0.05) is 13.0 Å². The highest BCUT2D eigenvalue weighted by Crippen LogP contribution is 2.31. The number of nitrogens with one attached hydrogen (secondary N) is 1. The molecule has 1 saturated carbocycles. The highest BCUT2D eigenvalue weighted by Gasteiger charge is 2.20. The molecule has 3 heterocycles. The number of pyridine rings is 1. The molecular weight excluding hydrogens is 346 g/mol. The zero-order valence-corrected chi connectivity index (χ0v) is 16.4. The number of aryl methyl sites for hydroxylation is 1. The largest absolute Gasteiger partial charge is 0.351 e. The molecule has 2 aliphatic carbocycles. The molecule has 0 aromatic carbocycles. The van der Waals surface area contributed by atoms with Gasteiger partial charge in [-0.25, -0.2) is 14.5 Å². The van der Waals surface area contributed by atoms with Gasteiger partial charge in [-0.15, -0.1) is 0 Å². The molecule has 0 aliphatic heterocycles. The molecule has 0 spiro atoms. The monoisotopic (exact) mass is 373 g/mol. The third-order valence-corrected chi connectivity index (χ3v) is 6.18. The minimum Gasteiger partial charge on any atom is -0.351 e. The number of aromatic nitrogens is 4. The summed E-state index contributed by atoms with van der Waals surface area (Å²) in [5, 5.41) is 7.90. The first-order chi connectivity index (χ1) is 13.8. The topological polar surface area (TPSA) is 55.1 Å². The number of nitrogens with zero attached hydrogens (tertiary/aromatic N) is 4. The molecule has 3 aromatic rings. The zero-order valence-electron chi connectivity index (χ0n) is 16.4. The van der Waals surface area contributed by atoms with Crippen LogP contribution < -0.4 is 5.32 Å². The van der Waals surface area contributed by atoms with Crippen LogP contribution in [0.25, 0.3) is 11.1 Å². The first-order valence-corrected chi connectivity index (χ1v) is 10.5. The Hall–Kier alpha value is -2.69. The Bertz CT molecular complexity index is 1010. The van der Waals surface area contributed by atoms with Gasteiger partial charge < -0.3 is 5.32 Å². The van der Waals surface area contributed by atoms with Crippen LogP contribution in [0.5, 0.6) is 0 Å². The standard InChI is InChI=1S/C23H27N5/c1-16-6-8-18(9-7-16)26-23-24-15-21-20(4-2-3-5-22(21)27-23)17-11-13-28-19(14-17)10-12-25-28/h4,10-16,18H,2-3,5-9H2,1H3,(H,24,26,27). The van der Waals surface area contributed by atoms with Crippen LogP contribution in [0.2, 0.25) is 0 Å². The Morgan fingerprint density at radius 1 is 1.14 bits per heavy atom. The molecule has 0 unspecified atom stereocenters. The number of rotatable bonds is 3.